The summed E-state index contributed by atoms with van der Waals surface area (Å²) in [4.78, 5) is 5.09. The topological polar surface area (TPSA) is 33.8 Å². The minimum absolute atomic E-state index is 0.163. The van der Waals surface area contributed by atoms with E-state index in [1.165, 1.54) is 55.9 Å². The molecule has 0 amide bonds. The molecule has 7 aromatic rings. The molecule has 2 aliphatic rings. The average molecular weight is 628 g/mol. The molecule has 9 rings (SSSR count). The number of hydrogen-bond acceptors (Lipinski definition) is 2. The summed E-state index contributed by atoms with van der Waals surface area (Å²) in [6, 6.07) is 33.7. The summed E-state index contributed by atoms with van der Waals surface area (Å²) in [5.74, 6) is 0. The van der Waals surface area contributed by atoms with Gasteiger partial charge in [-0.3, -0.25) is 0 Å². The molecule has 1 atom stereocenters. The van der Waals surface area contributed by atoms with Crippen molar-refractivity contribution >= 4 is 22.1 Å². The van der Waals surface area contributed by atoms with Gasteiger partial charge < -0.3 is 4.42 Å². The Morgan fingerprint density at radius 1 is 0.708 bits per heavy atom. The van der Waals surface area contributed by atoms with Crippen molar-refractivity contribution in [2.24, 2.45) is 5.41 Å². The number of aryl methyl sites for hydroxylation is 5. The second-order valence-electron chi connectivity index (χ2n) is 15.3. The molecule has 4 aromatic heterocycles. The Hall–Kier alpha value is -5.09. The summed E-state index contributed by atoms with van der Waals surface area (Å²) in [5.41, 5.74) is 16.2. The van der Waals surface area contributed by atoms with Crippen LogP contribution in [0.15, 0.2) is 108 Å². The lowest BCUT2D eigenvalue weighted by atomic mass is 9.87. The molecule has 6 heterocycles. The van der Waals surface area contributed by atoms with Crippen LogP contribution < -0.4 is 9.13 Å². The quantitative estimate of drug-likeness (QED) is 0.182. The van der Waals surface area contributed by atoms with Gasteiger partial charge >= 0.3 is 5.66 Å². The molecule has 1 spiro atoms. The molecule has 2 aliphatic heterocycles. The Bertz CT molecular complexity index is 2450. The summed E-state index contributed by atoms with van der Waals surface area (Å²) in [6.07, 6.45) is 7.50. The molecule has 236 valence electrons. The van der Waals surface area contributed by atoms with Crippen molar-refractivity contribution in [1.29, 1.82) is 0 Å². The predicted molar refractivity (Wildman–Crippen MR) is 192 cm³/mol. The van der Waals surface area contributed by atoms with Crippen LogP contribution >= 0.6 is 0 Å². The Morgan fingerprint density at radius 3 is 2.33 bits per heavy atom. The normalized spacial score (nSPS) is 16.0. The maximum Gasteiger partial charge on any atom is 0.417 e. The molecular weight excluding hydrogens is 587 g/mol. The van der Waals surface area contributed by atoms with Crippen molar-refractivity contribution in [2.75, 3.05) is 0 Å². The molecule has 0 fully saturated rings. The maximum absolute atomic E-state index is 6.90. The van der Waals surface area contributed by atoms with E-state index in [0.717, 1.165) is 46.9 Å². The van der Waals surface area contributed by atoms with Gasteiger partial charge in [0.25, 0.3) is 0 Å². The van der Waals surface area contributed by atoms with Gasteiger partial charge in [0.2, 0.25) is 17.1 Å². The van der Waals surface area contributed by atoms with E-state index in [1.54, 1.807) is 0 Å². The Kier molecular flexibility index (Phi) is 6.18. The fourth-order valence-electron chi connectivity index (χ4n) is 8.28. The number of hydrogen-bond donors (Lipinski definition) is 0. The van der Waals surface area contributed by atoms with E-state index in [2.05, 4.69) is 154 Å². The Labute approximate surface area is 282 Å². The highest BCUT2D eigenvalue weighted by molar-refractivity contribution is 6.09. The zero-order chi connectivity index (χ0) is 32.9. The third-order valence-corrected chi connectivity index (χ3v) is 10.5. The van der Waals surface area contributed by atoms with E-state index in [-0.39, 0.29) is 5.41 Å². The van der Waals surface area contributed by atoms with Crippen molar-refractivity contribution < 1.29 is 13.6 Å². The first-order valence-corrected chi connectivity index (χ1v) is 17.2. The molecule has 1 unspecified atom stereocenters. The monoisotopic (exact) mass is 627 g/mol. The van der Waals surface area contributed by atoms with E-state index >= 15 is 0 Å². The Balaban J connectivity index is 1.32. The summed E-state index contributed by atoms with van der Waals surface area (Å²) >= 11 is 0. The predicted octanol–water partition coefficient (Wildman–Crippen LogP) is 9.11. The maximum atomic E-state index is 6.90. The van der Waals surface area contributed by atoms with E-state index < -0.39 is 5.66 Å². The van der Waals surface area contributed by atoms with Crippen molar-refractivity contribution in [1.82, 2.24) is 4.98 Å². The minimum Gasteiger partial charge on any atom is -0.437 e. The van der Waals surface area contributed by atoms with Crippen LogP contribution in [0.2, 0.25) is 0 Å². The first-order valence-electron chi connectivity index (χ1n) is 17.2. The van der Waals surface area contributed by atoms with Crippen LogP contribution in [0, 0.1) is 26.2 Å². The summed E-state index contributed by atoms with van der Waals surface area (Å²) in [6.45, 7) is 13.6. The second kappa shape index (κ2) is 10.2. The van der Waals surface area contributed by atoms with Crippen LogP contribution in [0.5, 0.6) is 0 Å². The molecule has 3 aromatic carbocycles. The average Bonchev–Trinajstić information content (AvgIpc) is 3.66. The van der Waals surface area contributed by atoms with Gasteiger partial charge in [0.15, 0.2) is 18.0 Å². The van der Waals surface area contributed by atoms with Crippen molar-refractivity contribution in [2.45, 2.75) is 66.5 Å². The third kappa shape index (κ3) is 4.18. The lowest BCUT2D eigenvalue weighted by Crippen LogP contribution is -2.71. The number of fused-ring (bicyclic) bond motifs is 14. The molecule has 48 heavy (non-hydrogen) atoms. The van der Waals surface area contributed by atoms with Gasteiger partial charge in [-0.15, -0.1) is 9.13 Å². The molecule has 0 aliphatic carbocycles. The fraction of sp³-hybridized carbons (Fsp3) is 0.250. The van der Waals surface area contributed by atoms with E-state index in [1.807, 2.05) is 0 Å². The van der Waals surface area contributed by atoms with Crippen LogP contribution in [0.3, 0.4) is 0 Å². The molecule has 4 nitrogen and oxygen atoms in total. The first kappa shape index (κ1) is 29.1. The number of pyridine rings is 3. The second-order valence-corrected chi connectivity index (χ2v) is 15.3. The van der Waals surface area contributed by atoms with Gasteiger partial charge in [0.05, 0.1) is 5.56 Å². The summed E-state index contributed by atoms with van der Waals surface area (Å²) in [5, 5.41) is 2.18. The highest BCUT2D eigenvalue weighted by atomic mass is 16.3. The van der Waals surface area contributed by atoms with Gasteiger partial charge in [0, 0.05) is 40.2 Å². The molecule has 0 radical (unpaired) electrons. The van der Waals surface area contributed by atoms with Crippen LogP contribution in [-0.4, -0.2) is 4.98 Å². The fourth-order valence-corrected chi connectivity index (χ4v) is 8.28. The van der Waals surface area contributed by atoms with Gasteiger partial charge in [-0.2, -0.15) is 0 Å². The van der Waals surface area contributed by atoms with E-state index in [4.69, 9.17) is 9.40 Å². The van der Waals surface area contributed by atoms with Gasteiger partial charge in [0.1, 0.15) is 16.7 Å². The lowest BCUT2D eigenvalue weighted by Gasteiger charge is -2.19. The lowest BCUT2D eigenvalue weighted by molar-refractivity contribution is -0.955. The van der Waals surface area contributed by atoms with Crippen molar-refractivity contribution in [3.8, 4) is 22.5 Å². The third-order valence-electron chi connectivity index (χ3n) is 10.5. The number of benzene rings is 3. The van der Waals surface area contributed by atoms with Crippen LogP contribution in [0.25, 0.3) is 44.6 Å². The smallest absolute Gasteiger partial charge is 0.417 e. The molecule has 0 N–H and O–H groups in total. The van der Waals surface area contributed by atoms with Gasteiger partial charge in [-0.25, -0.2) is 4.98 Å². The largest absolute Gasteiger partial charge is 0.437 e. The Morgan fingerprint density at radius 2 is 1.52 bits per heavy atom. The minimum atomic E-state index is -0.582. The zero-order valence-electron chi connectivity index (χ0n) is 28.7. The number of aromatic nitrogens is 3. The number of furan rings is 1. The van der Waals surface area contributed by atoms with Crippen molar-refractivity contribution in [3.63, 3.8) is 0 Å². The summed E-state index contributed by atoms with van der Waals surface area (Å²) < 4.78 is 11.9. The number of nitrogens with zero attached hydrogens (tertiary/aromatic N) is 3. The standard InChI is InChI=1S/C44H41N3O/c1-27-12-16-35-37(22-27)44(47-26-29(3)28(2)23-38(35)47)36-19-18-33-34-17-15-32(14-13-30-10-8-7-9-11-30)45-42(34)48-41(33)40(36)39-24-31(20-21-46(39)44)25-43(4,5)6/h7-12,15-24,26H,13-14,25H2,1-6H3/q+2. The molecule has 0 bridgehead atoms. The molecule has 4 heteroatoms. The van der Waals surface area contributed by atoms with Crippen molar-refractivity contribution in [3.05, 3.63) is 148 Å². The number of rotatable bonds is 4. The highest BCUT2D eigenvalue weighted by Crippen LogP contribution is 2.50. The van der Waals surface area contributed by atoms with E-state index in [0.29, 0.717) is 5.71 Å². The molecular formula is C44H41N3O+2. The first-order chi connectivity index (χ1) is 23.1. The molecule has 0 saturated heterocycles. The van der Waals surface area contributed by atoms with Gasteiger partial charge in [-0.05, 0) is 98.5 Å². The SMILES string of the molecule is Cc1ccc2c(c1)C1(c3ccc4c(oc5nc(CCc6ccccc6)ccc54)c3-c3cc(CC(C)(C)C)cc[n+]31)[n+]1cc(C)c(C)cc1-2. The molecule has 0 saturated carbocycles. The van der Waals surface area contributed by atoms with Gasteiger partial charge in [-0.1, -0.05) is 62.7 Å². The van der Waals surface area contributed by atoms with Crippen LogP contribution in [0.4, 0.5) is 0 Å². The van der Waals surface area contributed by atoms with Crippen LogP contribution in [-0.2, 0) is 24.9 Å². The van der Waals surface area contributed by atoms with E-state index in [9.17, 15) is 0 Å². The highest BCUT2D eigenvalue weighted by Gasteiger charge is 2.67. The van der Waals surface area contributed by atoms with Crippen LogP contribution in [0.1, 0.15) is 65.4 Å². The summed E-state index contributed by atoms with van der Waals surface area (Å²) in [7, 11) is 0. The zero-order valence-corrected chi connectivity index (χ0v) is 28.7.